The molecule has 1 saturated heterocycles. The van der Waals surface area contributed by atoms with Gasteiger partial charge in [0.15, 0.2) is 0 Å². The fraction of sp³-hybridized carbons (Fsp3) is 0.857. The fourth-order valence-electron chi connectivity index (χ4n) is 3.04. The van der Waals surface area contributed by atoms with Crippen molar-refractivity contribution in [2.75, 3.05) is 26.3 Å². The highest BCUT2D eigenvalue weighted by molar-refractivity contribution is 5.92. The van der Waals surface area contributed by atoms with Gasteiger partial charge in [0, 0.05) is 13.1 Å². The average Bonchev–Trinajstić information content (AvgIpc) is 2.47. The van der Waals surface area contributed by atoms with Crippen LogP contribution in [0.25, 0.3) is 0 Å². The number of amides is 2. The van der Waals surface area contributed by atoms with Crippen LogP contribution < -0.4 is 11.1 Å². The van der Waals surface area contributed by atoms with Crippen molar-refractivity contribution in [1.29, 1.82) is 0 Å². The predicted molar refractivity (Wildman–Crippen MR) is 75.0 cm³/mol. The summed E-state index contributed by atoms with van der Waals surface area (Å²) in [6.07, 6.45) is 4.53. The van der Waals surface area contributed by atoms with Gasteiger partial charge < -0.3 is 20.7 Å². The molecule has 1 aliphatic heterocycles. The third kappa shape index (κ3) is 3.12. The third-order valence-electron chi connectivity index (χ3n) is 4.21. The third-order valence-corrected chi connectivity index (χ3v) is 4.21. The molecular formula is C14H25N3O3. The molecule has 2 rings (SSSR count). The van der Waals surface area contributed by atoms with Gasteiger partial charge >= 0.3 is 0 Å². The molecule has 1 unspecified atom stereocenters. The number of carbonyl (C=O) groups excluding carboxylic acids is 2. The Morgan fingerprint density at radius 1 is 1.35 bits per heavy atom. The number of hydrogen-bond acceptors (Lipinski definition) is 4. The lowest BCUT2D eigenvalue weighted by Crippen LogP contribution is -2.64. The van der Waals surface area contributed by atoms with Crippen molar-refractivity contribution in [3.63, 3.8) is 0 Å². The highest BCUT2D eigenvalue weighted by atomic mass is 16.5. The zero-order valence-electron chi connectivity index (χ0n) is 12.2. The summed E-state index contributed by atoms with van der Waals surface area (Å²) in [6.45, 7) is 3.58. The van der Waals surface area contributed by atoms with E-state index in [0.717, 1.165) is 19.3 Å². The molecule has 6 nitrogen and oxygen atoms in total. The fourth-order valence-corrected chi connectivity index (χ4v) is 3.04. The largest absolute Gasteiger partial charge is 0.377 e. The monoisotopic (exact) mass is 283 g/mol. The first-order chi connectivity index (χ1) is 9.58. The predicted octanol–water partition coefficient (Wildman–Crippen LogP) is 0.0115. The van der Waals surface area contributed by atoms with Crippen molar-refractivity contribution < 1.29 is 14.3 Å². The van der Waals surface area contributed by atoms with Crippen LogP contribution in [0.15, 0.2) is 0 Å². The lowest BCUT2D eigenvalue weighted by Gasteiger charge is -2.41. The molecular weight excluding hydrogens is 258 g/mol. The van der Waals surface area contributed by atoms with Crippen LogP contribution in [-0.2, 0) is 14.3 Å². The van der Waals surface area contributed by atoms with Gasteiger partial charge in [0.05, 0.1) is 18.8 Å². The minimum Gasteiger partial charge on any atom is -0.377 e. The maximum Gasteiger partial charge on any atom is 0.245 e. The molecule has 0 spiro atoms. The van der Waals surface area contributed by atoms with E-state index in [0.29, 0.717) is 32.5 Å². The molecule has 2 amide bonds. The first-order valence-corrected chi connectivity index (χ1v) is 7.54. The summed E-state index contributed by atoms with van der Waals surface area (Å²) in [5, 5.41) is 2.76. The van der Waals surface area contributed by atoms with Crippen molar-refractivity contribution in [2.45, 2.75) is 50.6 Å². The second-order valence-corrected chi connectivity index (χ2v) is 5.70. The summed E-state index contributed by atoms with van der Waals surface area (Å²) >= 11 is 0. The quantitative estimate of drug-likeness (QED) is 0.764. The second kappa shape index (κ2) is 6.54. The Balaban J connectivity index is 2.10. The smallest absolute Gasteiger partial charge is 0.245 e. The van der Waals surface area contributed by atoms with E-state index in [1.54, 1.807) is 4.90 Å². The molecule has 2 aliphatic rings. The molecule has 6 heteroatoms. The zero-order valence-corrected chi connectivity index (χ0v) is 12.2. The number of nitrogens with two attached hydrogens (primary N) is 1. The van der Waals surface area contributed by atoms with E-state index < -0.39 is 11.6 Å². The standard InChI is InChI=1S/C14H25N3O3/c1-2-16-12(18)11-10-20-9-8-17(11)13(19)14(15)6-4-3-5-7-14/h11H,2-10,15H2,1H3,(H,16,18). The summed E-state index contributed by atoms with van der Waals surface area (Å²) in [7, 11) is 0. The van der Waals surface area contributed by atoms with E-state index in [-0.39, 0.29) is 18.4 Å². The van der Waals surface area contributed by atoms with Gasteiger partial charge in [-0.2, -0.15) is 0 Å². The van der Waals surface area contributed by atoms with Crippen LogP contribution in [0.4, 0.5) is 0 Å². The highest BCUT2D eigenvalue weighted by Gasteiger charge is 2.43. The highest BCUT2D eigenvalue weighted by Crippen LogP contribution is 2.28. The van der Waals surface area contributed by atoms with Crippen molar-refractivity contribution >= 4 is 11.8 Å². The van der Waals surface area contributed by atoms with Gasteiger partial charge in [-0.3, -0.25) is 9.59 Å². The summed E-state index contributed by atoms with van der Waals surface area (Å²) < 4.78 is 5.35. The Hall–Kier alpha value is -1.14. The Labute approximate surface area is 120 Å². The SMILES string of the molecule is CCNC(=O)C1COCCN1C(=O)C1(N)CCCCC1. The maximum atomic E-state index is 12.8. The topological polar surface area (TPSA) is 84.7 Å². The number of carbonyl (C=O) groups is 2. The maximum absolute atomic E-state index is 12.8. The number of nitrogens with zero attached hydrogens (tertiary/aromatic N) is 1. The number of ether oxygens (including phenoxy) is 1. The summed E-state index contributed by atoms with van der Waals surface area (Å²) in [4.78, 5) is 26.5. The number of morpholine rings is 1. The lowest BCUT2D eigenvalue weighted by atomic mass is 9.81. The van der Waals surface area contributed by atoms with Gasteiger partial charge in [0.1, 0.15) is 6.04 Å². The van der Waals surface area contributed by atoms with Crippen LogP contribution in [0.1, 0.15) is 39.0 Å². The Morgan fingerprint density at radius 2 is 2.05 bits per heavy atom. The second-order valence-electron chi connectivity index (χ2n) is 5.70. The zero-order chi connectivity index (χ0) is 14.6. The Morgan fingerprint density at radius 3 is 2.70 bits per heavy atom. The van der Waals surface area contributed by atoms with Crippen LogP contribution in [0.5, 0.6) is 0 Å². The Bertz CT molecular complexity index is 367. The molecule has 0 radical (unpaired) electrons. The van der Waals surface area contributed by atoms with Crippen LogP contribution in [0.2, 0.25) is 0 Å². The summed E-state index contributed by atoms with van der Waals surface area (Å²) in [5.41, 5.74) is 5.51. The van der Waals surface area contributed by atoms with Gasteiger partial charge in [0.25, 0.3) is 0 Å². The van der Waals surface area contributed by atoms with Gasteiger partial charge in [-0.25, -0.2) is 0 Å². The average molecular weight is 283 g/mol. The van der Waals surface area contributed by atoms with Gasteiger partial charge in [-0.15, -0.1) is 0 Å². The van der Waals surface area contributed by atoms with Gasteiger partial charge in [-0.05, 0) is 19.8 Å². The molecule has 1 heterocycles. The van der Waals surface area contributed by atoms with E-state index in [4.69, 9.17) is 10.5 Å². The molecule has 20 heavy (non-hydrogen) atoms. The molecule has 3 N–H and O–H groups in total. The van der Waals surface area contributed by atoms with Crippen LogP contribution >= 0.6 is 0 Å². The van der Waals surface area contributed by atoms with E-state index in [1.807, 2.05) is 6.92 Å². The Kier molecular flexibility index (Phi) is 4.99. The van der Waals surface area contributed by atoms with Crippen molar-refractivity contribution in [1.82, 2.24) is 10.2 Å². The van der Waals surface area contributed by atoms with Crippen LogP contribution in [-0.4, -0.2) is 54.6 Å². The van der Waals surface area contributed by atoms with E-state index in [9.17, 15) is 9.59 Å². The normalized spacial score (nSPS) is 26.1. The van der Waals surface area contributed by atoms with Gasteiger partial charge in [-0.1, -0.05) is 19.3 Å². The molecule has 2 fully saturated rings. The first kappa shape index (κ1) is 15.3. The first-order valence-electron chi connectivity index (χ1n) is 7.54. The summed E-state index contributed by atoms with van der Waals surface area (Å²) in [6, 6.07) is -0.543. The number of likely N-dealkylation sites (N-methyl/N-ethyl adjacent to an activating group) is 1. The number of nitrogens with one attached hydrogen (secondary N) is 1. The van der Waals surface area contributed by atoms with Crippen molar-refractivity contribution in [2.24, 2.45) is 5.73 Å². The van der Waals surface area contributed by atoms with Crippen molar-refractivity contribution in [3.05, 3.63) is 0 Å². The molecule has 0 aromatic carbocycles. The molecule has 0 bridgehead atoms. The van der Waals surface area contributed by atoms with E-state index in [1.165, 1.54) is 0 Å². The molecule has 114 valence electrons. The summed E-state index contributed by atoms with van der Waals surface area (Å²) in [5.74, 6) is -0.239. The van der Waals surface area contributed by atoms with Crippen LogP contribution in [0, 0.1) is 0 Å². The number of hydrogen-bond donors (Lipinski definition) is 2. The molecule has 1 atom stereocenters. The molecule has 0 aromatic rings. The minimum absolute atomic E-state index is 0.0863. The number of rotatable bonds is 3. The minimum atomic E-state index is -0.791. The molecule has 1 saturated carbocycles. The van der Waals surface area contributed by atoms with Crippen molar-refractivity contribution in [3.8, 4) is 0 Å². The van der Waals surface area contributed by atoms with Gasteiger partial charge in [0.2, 0.25) is 11.8 Å². The molecule has 0 aromatic heterocycles. The lowest BCUT2D eigenvalue weighted by molar-refractivity contribution is -0.153. The molecule has 1 aliphatic carbocycles. The van der Waals surface area contributed by atoms with E-state index >= 15 is 0 Å². The van der Waals surface area contributed by atoms with Crippen LogP contribution in [0.3, 0.4) is 0 Å². The van der Waals surface area contributed by atoms with E-state index in [2.05, 4.69) is 5.32 Å².